The summed E-state index contributed by atoms with van der Waals surface area (Å²) in [5.74, 6) is -0.713. The van der Waals surface area contributed by atoms with E-state index in [1.165, 1.54) is 4.90 Å². The van der Waals surface area contributed by atoms with Gasteiger partial charge in [0.2, 0.25) is 0 Å². The number of rotatable bonds is 4. The van der Waals surface area contributed by atoms with Crippen LogP contribution in [0.1, 0.15) is 26.7 Å². The average Bonchev–Trinajstić information content (AvgIpc) is 2.67. The van der Waals surface area contributed by atoms with Crippen LogP contribution in [0.4, 0.5) is 4.79 Å². The zero-order chi connectivity index (χ0) is 13.0. The Morgan fingerprint density at radius 1 is 1.53 bits per heavy atom. The molecule has 1 rings (SSSR count). The first-order chi connectivity index (χ1) is 7.95. The molecule has 1 fully saturated rings. The highest BCUT2D eigenvalue weighted by molar-refractivity contribution is 5.83. The fraction of sp³-hybridized carbons (Fsp3) is 0.818. The van der Waals surface area contributed by atoms with Crippen LogP contribution in [0.25, 0.3) is 0 Å². The molecule has 1 heterocycles. The molecule has 3 N–H and O–H groups in total. The Balaban J connectivity index is 2.52. The highest BCUT2D eigenvalue weighted by Crippen LogP contribution is 2.18. The maximum absolute atomic E-state index is 11.8. The molecule has 0 aromatic heterocycles. The van der Waals surface area contributed by atoms with Crippen LogP contribution in [0.15, 0.2) is 0 Å². The van der Waals surface area contributed by atoms with Gasteiger partial charge in [-0.2, -0.15) is 0 Å². The molecule has 6 heteroatoms. The lowest BCUT2D eigenvalue weighted by Gasteiger charge is -2.22. The Kier molecular flexibility index (Phi) is 4.74. The van der Waals surface area contributed by atoms with Gasteiger partial charge in [-0.15, -0.1) is 0 Å². The molecule has 17 heavy (non-hydrogen) atoms. The van der Waals surface area contributed by atoms with E-state index in [2.05, 4.69) is 5.32 Å². The number of carbonyl (C=O) groups excluding carboxylic acids is 1. The van der Waals surface area contributed by atoms with Gasteiger partial charge in [0, 0.05) is 19.5 Å². The lowest BCUT2D eigenvalue weighted by atomic mass is 10.1. The summed E-state index contributed by atoms with van der Waals surface area (Å²) in [6, 6.07) is -1.32. The van der Waals surface area contributed by atoms with E-state index < -0.39 is 24.1 Å². The number of likely N-dealkylation sites (tertiary alicyclic amines) is 1. The topological polar surface area (TPSA) is 89.9 Å². The van der Waals surface area contributed by atoms with Gasteiger partial charge in [-0.1, -0.05) is 20.3 Å². The molecule has 0 aliphatic carbocycles. The van der Waals surface area contributed by atoms with E-state index in [1.807, 2.05) is 13.8 Å². The van der Waals surface area contributed by atoms with Gasteiger partial charge in [0.15, 0.2) is 0 Å². The molecular weight excluding hydrogens is 224 g/mol. The number of carboxylic acid groups (broad SMARTS) is 1. The number of β-amino-alcohol motifs (C(OH)–C–C–N with tert-alkyl or cyclic N) is 1. The molecule has 0 saturated carbocycles. The highest BCUT2D eigenvalue weighted by atomic mass is 16.4. The van der Waals surface area contributed by atoms with Crippen LogP contribution in [0.2, 0.25) is 0 Å². The second-order valence-corrected chi connectivity index (χ2v) is 4.60. The third-order valence-corrected chi connectivity index (χ3v) is 3.12. The van der Waals surface area contributed by atoms with Crippen molar-refractivity contribution in [1.29, 1.82) is 0 Å². The van der Waals surface area contributed by atoms with E-state index in [9.17, 15) is 14.7 Å². The minimum absolute atomic E-state index is 0.0866. The smallest absolute Gasteiger partial charge is 0.326 e. The minimum Gasteiger partial charge on any atom is -0.480 e. The number of nitrogens with zero attached hydrogens (tertiary/aromatic N) is 1. The predicted molar refractivity (Wildman–Crippen MR) is 61.6 cm³/mol. The lowest BCUT2D eigenvalue weighted by Crippen LogP contribution is -2.47. The van der Waals surface area contributed by atoms with Crippen LogP contribution in [0.3, 0.4) is 0 Å². The van der Waals surface area contributed by atoms with Crippen LogP contribution in [-0.4, -0.2) is 52.3 Å². The third-order valence-electron chi connectivity index (χ3n) is 3.12. The van der Waals surface area contributed by atoms with Crippen molar-refractivity contribution in [1.82, 2.24) is 10.2 Å². The molecule has 1 unspecified atom stereocenters. The number of aliphatic carboxylic acids is 1. The molecule has 2 amide bonds. The van der Waals surface area contributed by atoms with Gasteiger partial charge in [0.25, 0.3) is 0 Å². The number of nitrogens with one attached hydrogen (secondary N) is 1. The van der Waals surface area contributed by atoms with Crippen molar-refractivity contribution >= 4 is 12.0 Å². The summed E-state index contributed by atoms with van der Waals surface area (Å²) in [5.41, 5.74) is 0. The lowest BCUT2D eigenvalue weighted by molar-refractivity contribution is -0.141. The summed E-state index contributed by atoms with van der Waals surface area (Å²) >= 11 is 0. The molecule has 1 saturated heterocycles. The number of urea groups is 1. The number of carboxylic acids is 1. The fourth-order valence-electron chi connectivity index (χ4n) is 1.78. The maximum Gasteiger partial charge on any atom is 0.326 e. The number of aliphatic hydroxyl groups is 1. The molecule has 1 aliphatic heterocycles. The minimum atomic E-state index is -1.07. The van der Waals surface area contributed by atoms with Crippen molar-refractivity contribution in [2.24, 2.45) is 5.92 Å². The van der Waals surface area contributed by atoms with E-state index in [0.717, 1.165) is 6.42 Å². The van der Waals surface area contributed by atoms with Gasteiger partial charge in [-0.25, -0.2) is 9.59 Å². The van der Waals surface area contributed by atoms with E-state index in [1.54, 1.807) is 0 Å². The van der Waals surface area contributed by atoms with Crippen LogP contribution in [0, 0.1) is 5.92 Å². The van der Waals surface area contributed by atoms with Crippen molar-refractivity contribution in [2.45, 2.75) is 38.8 Å². The molecule has 3 atom stereocenters. The van der Waals surface area contributed by atoms with Crippen molar-refractivity contribution < 1.29 is 19.8 Å². The second-order valence-electron chi connectivity index (χ2n) is 4.60. The van der Waals surface area contributed by atoms with Gasteiger partial charge in [0.05, 0.1) is 6.10 Å². The molecule has 6 nitrogen and oxygen atoms in total. The van der Waals surface area contributed by atoms with Gasteiger partial charge in [-0.05, 0) is 5.92 Å². The Hall–Kier alpha value is -1.30. The monoisotopic (exact) mass is 244 g/mol. The average molecular weight is 244 g/mol. The molecule has 0 bridgehead atoms. The first-order valence-corrected chi connectivity index (χ1v) is 5.91. The summed E-state index contributed by atoms with van der Waals surface area (Å²) in [6.45, 7) is 4.64. The van der Waals surface area contributed by atoms with Crippen LogP contribution in [-0.2, 0) is 4.79 Å². The molecule has 0 aromatic carbocycles. The SMILES string of the molecule is CCC(C)CNC(=O)N1C[C@H](O)C[C@@H]1C(=O)O. The summed E-state index contributed by atoms with van der Waals surface area (Å²) in [7, 11) is 0. The molecule has 98 valence electrons. The molecule has 0 spiro atoms. The largest absolute Gasteiger partial charge is 0.480 e. The number of amides is 2. The molecule has 1 aliphatic rings. The van der Waals surface area contributed by atoms with Gasteiger partial charge in [-0.3, -0.25) is 0 Å². The standard InChI is InChI=1S/C11H20N2O4/c1-3-7(2)5-12-11(17)13-6-8(14)4-9(13)10(15)16/h7-9,14H,3-6H2,1-2H3,(H,12,17)(H,15,16)/t7?,8-,9-/m1/s1. The highest BCUT2D eigenvalue weighted by Gasteiger charge is 2.38. The van der Waals surface area contributed by atoms with Crippen LogP contribution < -0.4 is 5.32 Å². The Morgan fingerprint density at radius 3 is 2.71 bits per heavy atom. The number of hydrogen-bond acceptors (Lipinski definition) is 3. The number of hydrogen-bond donors (Lipinski definition) is 3. The Morgan fingerprint density at radius 2 is 2.18 bits per heavy atom. The van der Waals surface area contributed by atoms with Crippen molar-refractivity contribution in [3.05, 3.63) is 0 Å². The summed E-state index contributed by atoms with van der Waals surface area (Å²) < 4.78 is 0. The van der Waals surface area contributed by atoms with E-state index in [-0.39, 0.29) is 13.0 Å². The van der Waals surface area contributed by atoms with E-state index >= 15 is 0 Å². The summed E-state index contributed by atoms with van der Waals surface area (Å²) in [4.78, 5) is 23.9. The van der Waals surface area contributed by atoms with Crippen molar-refractivity contribution in [2.75, 3.05) is 13.1 Å². The van der Waals surface area contributed by atoms with Crippen LogP contribution >= 0.6 is 0 Å². The van der Waals surface area contributed by atoms with Crippen LogP contribution in [0.5, 0.6) is 0 Å². The van der Waals surface area contributed by atoms with Crippen molar-refractivity contribution in [3.8, 4) is 0 Å². The quantitative estimate of drug-likeness (QED) is 0.661. The van der Waals surface area contributed by atoms with Crippen molar-refractivity contribution in [3.63, 3.8) is 0 Å². The predicted octanol–water partition coefficient (Wildman–Crippen LogP) is 0.262. The molecular formula is C11H20N2O4. The number of aliphatic hydroxyl groups excluding tert-OH is 1. The zero-order valence-corrected chi connectivity index (χ0v) is 10.2. The van der Waals surface area contributed by atoms with Gasteiger partial charge in [0.1, 0.15) is 6.04 Å². The number of carbonyl (C=O) groups is 2. The molecule has 0 aromatic rings. The Labute approximate surface area is 101 Å². The zero-order valence-electron chi connectivity index (χ0n) is 10.2. The fourth-order valence-corrected chi connectivity index (χ4v) is 1.78. The van der Waals surface area contributed by atoms with E-state index in [0.29, 0.717) is 12.5 Å². The first-order valence-electron chi connectivity index (χ1n) is 5.91. The Bertz CT molecular complexity index is 295. The third kappa shape index (κ3) is 3.59. The second kappa shape index (κ2) is 5.86. The molecule has 0 radical (unpaired) electrons. The van der Waals surface area contributed by atoms with E-state index in [4.69, 9.17) is 5.11 Å². The van der Waals surface area contributed by atoms with Gasteiger partial charge >= 0.3 is 12.0 Å². The summed E-state index contributed by atoms with van der Waals surface area (Å²) in [6.07, 6.45) is 0.308. The maximum atomic E-state index is 11.8. The summed E-state index contributed by atoms with van der Waals surface area (Å²) in [5, 5.41) is 21.0. The normalized spacial score (nSPS) is 25.7. The first kappa shape index (κ1) is 13.8. The van der Waals surface area contributed by atoms with Gasteiger partial charge < -0.3 is 20.4 Å².